The van der Waals surface area contributed by atoms with Gasteiger partial charge in [-0.25, -0.2) is 0 Å². The molecule has 0 saturated carbocycles. The van der Waals surface area contributed by atoms with Crippen LogP contribution >= 0.6 is 0 Å². The Bertz CT molecular complexity index is 385. The Morgan fingerprint density at radius 3 is 3.05 bits per heavy atom. The van der Waals surface area contributed by atoms with Crippen molar-refractivity contribution in [2.24, 2.45) is 0 Å². The first kappa shape index (κ1) is 15.4. The molecule has 0 atom stereocenters. The molecule has 6 heteroatoms. The van der Waals surface area contributed by atoms with Gasteiger partial charge in [0.1, 0.15) is 5.69 Å². The summed E-state index contributed by atoms with van der Waals surface area (Å²) in [5, 5.41) is 14.4. The lowest BCUT2D eigenvalue weighted by atomic mass is 10.3. The third-order valence-corrected chi connectivity index (χ3v) is 2.36. The van der Waals surface area contributed by atoms with Crippen LogP contribution in [0.2, 0.25) is 0 Å². The van der Waals surface area contributed by atoms with Crippen LogP contribution in [0.5, 0.6) is 0 Å². The lowest BCUT2D eigenvalue weighted by molar-refractivity contribution is 0.0922. The van der Waals surface area contributed by atoms with E-state index in [1.165, 1.54) is 0 Å². The molecule has 0 bridgehead atoms. The average Bonchev–Trinajstić information content (AvgIpc) is 2.43. The number of amides is 1. The maximum atomic E-state index is 11.6. The molecule has 0 aliphatic carbocycles. The molecule has 19 heavy (non-hydrogen) atoms. The van der Waals surface area contributed by atoms with Gasteiger partial charge >= 0.3 is 0 Å². The van der Waals surface area contributed by atoms with Gasteiger partial charge in [-0.3, -0.25) is 9.78 Å². The smallest absolute Gasteiger partial charge is 0.269 e. The van der Waals surface area contributed by atoms with E-state index < -0.39 is 0 Å². The number of aliphatic hydroxyl groups is 1. The number of aliphatic hydroxyl groups excluding tert-OH is 1. The van der Waals surface area contributed by atoms with Crippen molar-refractivity contribution in [1.29, 1.82) is 0 Å². The predicted molar refractivity (Wildman–Crippen MR) is 73.3 cm³/mol. The second-order valence-electron chi connectivity index (χ2n) is 3.91. The molecule has 0 unspecified atom stereocenters. The highest BCUT2D eigenvalue weighted by Crippen LogP contribution is 2.07. The van der Waals surface area contributed by atoms with Crippen molar-refractivity contribution in [3.8, 4) is 0 Å². The van der Waals surface area contributed by atoms with Crippen LogP contribution in [0.15, 0.2) is 18.3 Å². The van der Waals surface area contributed by atoms with E-state index in [9.17, 15) is 4.79 Å². The highest BCUT2D eigenvalue weighted by molar-refractivity contribution is 5.93. The third-order valence-electron chi connectivity index (χ3n) is 2.36. The zero-order chi connectivity index (χ0) is 13.9. The summed E-state index contributed by atoms with van der Waals surface area (Å²) in [4.78, 5) is 15.6. The van der Waals surface area contributed by atoms with Crippen molar-refractivity contribution >= 4 is 11.6 Å². The molecule has 1 amide bonds. The lowest BCUT2D eigenvalue weighted by Crippen LogP contribution is -2.23. The number of anilines is 1. The minimum absolute atomic E-state index is 0.0493. The molecule has 3 N–H and O–H groups in total. The Labute approximate surface area is 113 Å². The number of nitrogens with one attached hydrogen (secondary N) is 2. The monoisotopic (exact) mass is 267 g/mol. The van der Waals surface area contributed by atoms with E-state index in [2.05, 4.69) is 15.6 Å². The predicted octanol–water partition coefficient (Wildman–Crippen LogP) is 0.642. The molecule has 1 rings (SSSR count). The van der Waals surface area contributed by atoms with E-state index in [1.54, 1.807) is 12.3 Å². The van der Waals surface area contributed by atoms with E-state index in [4.69, 9.17) is 9.84 Å². The fraction of sp³-hybridized carbons (Fsp3) is 0.538. The van der Waals surface area contributed by atoms with Crippen LogP contribution in [-0.4, -0.2) is 48.9 Å². The highest BCUT2D eigenvalue weighted by Gasteiger charge is 2.05. The Morgan fingerprint density at radius 2 is 2.32 bits per heavy atom. The van der Waals surface area contributed by atoms with Crippen molar-refractivity contribution in [2.45, 2.75) is 13.3 Å². The molecular formula is C13H21N3O3. The van der Waals surface area contributed by atoms with Gasteiger partial charge < -0.3 is 20.5 Å². The average molecular weight is 267 g/mol. The van der Waals surface area contributed by atoms with Crippen LogP contribution in [0.4, 0.5) is 5.69 Å². The Morgan fingerprint density at radius 1 is 1.47 bits per heavy atom. The van der Waals surface area contributed by atoms with E-state index in [1.807, 2.05) is 13.0 Å². The van der Waals surface area contributed by atoms with Crippen molar-refractivity contribution < 1.29 is 14.6 Å². The van der Waals surface area contributed by atoms with Gasteiger partial charge in [0, 0.05) is 31.6 Å². The molecule has 1 aromatic rings. The van der Waals surface area contributed by atoms with Gasteiger partial charge in [-0.1, -0.05) is 0 Å². The van der Waals surface area contributed by atoms with Gasteiger partial charge in [0.05, 0.1) is 13.2 Å². The molecule has 106 valence electrons. The number of nitrogens with zero attached hydrogens (tertiary/aromatic N) is 1. The molecule has 1 aromatic heterocycles. The van der Waals surface area contributed by atoms with Crippen LogP contribution in [0.1, 0.15) is 23.8 Å². The maximum Gasteiger partial charge on any atom is 0.269 e. The van der Waals surface area contributed by atoms with Gasteiger partial charge in [0.2, 0.25) is 0 Å². The number of hydrogen-bond donors (Lipinski definition) is 3. The van der Waals surface area contributed by atoms with Crippen molar-refractivity contribution in [1.82, 2.24) is 10.3 Å². The molecule has 0 aliphatic rings. The van der Waals surface area contributed by atoms with E-state index in [0.717, 1.165) is 18.7 Å². The zero-order valence-corrected chi connectivity index (χ0v) is 11.2. The first-order valence-corrected chi connectivity index (χ1v) is 6.44. The second kappa shape index (κ2) is 9.29. The van der Waals surface area contributed by atoms with Crippen LogP contribution in [0.25, 0.3) is 0 Å². The normalized spacial score (nSPS) is 10.2. The molecule has 0 spiro atoms. The summed E-state index contributed by atoms with van der Waals surface area (Å²) in [6.45, 7) is 4.21. The molecule has 0 aromatic carbocycles. The molecule has 6 nitrogen and oxygen atoms in total. The van der Waals surface area contributed by atoms with E-state index in [-0.39, 0.29) is 12.5 Å². The summed E-state index contributed by atoms with van der Waals surface area (Å²) < 4.78 is 5.15. The van der Waals surface area contributed by atoms with Gasteiger partial charge in [-0.2, -0.15) is 0 Å². The Balaban J connectivity index is 2.34. The standard InChI is InChI=1S/C13H21N3O3/c1-2-14-13(18)12-10-11(4-6-16-12)15-5-3-8-19-9-7-17/h4,6,10,17H,2-3,5,7-9H2,1H3,(H,14,18)(H,15,16). The Hall–Kier alpha value is -1.66. The fourth-order valence-electron chi connectivity index (χ4n) is 1.49. The maximum absolute atomic E-state index is 11.6. The highest BCUT2D eigenvalue weighted by atomic mass is 16.5. The Kier molecular flexibility index (Phi) is 7.53. The number of ether oxygens (including phenoxy) is 1. The number of aromatic nitrogens is 1. The van der Waals surface area contributed by atoms with Gasteiger partial charge in [0.15, 0.2) is 0 Å². The minimum Gasteiger partial charge on any atom is -0.394 e. The van der Waals surface area contributed by atoms with Crippen LogP contribution in [0.3, 0.4) is 0 Å². The SMILES string of the molecule is CCNC(=O)c1cc(NCCCOCCO)ccn1. The minimum atomic E-state index is -0.169. The quantitative estimate of drug-likeness (QED) is 0.572. The van der Waals surface area contributed by atoms with Crippen LogP contribution in [0, 0.1) is 0 Å². The van der Waals surface area contributed by atoms with E-state index in [0.29, 0.717) is 25.5 Å². The molecule has 1 heterocycles. The first-order valence-electron chi connectivity index (χ1n) is 6.44. The van der Waals surface area contributed by atoms with Crippen molar-refractivity contribution in [3.63, 3.8) is 0 Å². The largest absolute Gasteiger partial charge is 0.394 e. The topological polar surface area (TPSA) is 83.5 Å². The van der Waals surface area contributed by atoms with Gasteiger partial charge in [0.25, 0.3) is 5.91 Å². The van der Waals surface area contributed by atoms with Crippen molar-refractivity contribution in [2.75, 3.05) is 38.2 Å². The van der Waals surface area contributed by atoms with Gasteiger partial charge in [-0.05, 0) is 25.5 Å². The summed E-state index contributed by atoms with van der Waals surface area (Å²) in [6, 6.07) is 3.54. The summed E-state index contributed by atoms with van der Waals surface area (Å²) in [5.74, 6) is -0.169. The number of pyridine rings is 1. The summed E-state index contributed by atoms with van der Waals surface area (Å²) in [7, 11) is 0. The van der Waals surface area contributed by atoms with Crippen LogP contribution < -0.4 is 10.6 Å². The number of carbonyl (C=O) groups excluding carboxylic acids is 1. The van der Waals surface area contributed by atoms with Gasteiger partial charge in [-0.15, -0.1) is 0 Å². The lowest BCUT2D eigenvalue weighted by Gasteiger charge is -2.08. The molecule has 0 fully saturated rings. The molecule has 0 saturated heterocycles. The number of hydrogen-bond acceptors (Lipinski definition) is 5. The fourth-order valence-corrected chi connectivity index (χ4v) is 1.49. The molecule has 0 radical (unpaired) electrons. The van der Waals surface area contributed by atoms with E-state index >= 15 is 0 Å². The summed E-state index contributed by atoms with van der Waals surface area (Å²) in [5.41, 5.74) is 1.27. The number of rotatable bonds is 9. The first-order chi connectivity index (χ1) is 9.27. The second-order valence-corrected chi connectivity index (χ2v) is 3.91. The van der Waals surface area contributed by atoms with Crippen LogP contribution in [-0.2, 0) is 4.74 Å². The summed E-state index contributed by atoms with van der Waals surface area (Å²) >= 11 is 0. The van der Waals surface area contributed by atoms with Crippen molar-refractivity contribution in [3.05, 3.63) is 24.0 Å². The molecular weight excluding hydrogens is 246 g/mol. The zero-order valence-electron chi connectivity index (χ0n) is 11.2. The number of carbonyl (C=O) groups is 1. The third kappa shape index (κ3) is 6.17. The molecule has 0 aliphatic heterocycles. The summed E-state index contributed by atoms with van der Waals surface area (Å²) in [6.07, 6.45) is 2.44.